The van der Waals surface area contributed by atoms with Crippen molar-refractivity contribution in [3.05, 3.63) is 28.7 Å². The number of rotatable bonds is 4. The molecule has 2 fully saturated rings. The van der Waals surface area contributed by atoms with Crippen LogP contribution in [-0.4, -0.2) is 52.6 Å². The third-order valence-corrected chi connectivity index (χ3v) is 6.70. The van der Waals surface area contributed by atoms with E-state index in [0.29, 0.717) is 17.0 Å². The molecule has 28 heavy (non-hydrogen) atoms. The Bertz CT molecular complexity index is 1190. The summed E-state index contributed by atoms with van der Waals surface area (Å²) >= 11 is 0. The molecular weight excluding hydrogens is 378 g/mol. The number of pyridine rings is 1. The van der Waals surface area contributed by atoms with Gasteiger partial charge in [0.2, 0.25) is 16.0 Å². The van der Waals surface area contributed by atoms with Gasteiger partial charge in [0.15, 0.2) is 0 Å². The normalized spacial score (nSPS) is 30.4. The van der Waals surface area contributed by atoms with E-state index in [-0.39, 0.29) is 17.5 Å². The number of piperidine rings is 1. The SMILES string of the molecule is [2H]C1([2H])CN(S(C)(=O)=O)CC([2H])([2H])C1Nc1ncc2ccc(=O)n([C@@H]3CCC[C@@H]3C)c2n1. The number of aromatic nitrogens is 3. The first-order valence-electron chi connectivity index (χ1n) is 11.4. The van der Waals surface area contributed by atoms with Crippen LogP contribution in [0, 0.1) is 5.92 Å². The molecule has 0 amide bonds. The molecule has 9 heteroatoms. The number of sulfonamides is 1. The molecule has 4 rings (SSSR count). The molecule has 1 aliphatic heterocycles. The molecule has 1 saturated carbocycles. The molecule has 1 aliphatic carbocycles. The average Bonchev–Trinajstić information content (AvgIpc) is 3.08. The van der Waals surface area contributed by atoms with Crippen LogP contribution in [-0.2, 0) is 10.0 Å². The summed E-state index contributed by atoms with van der Waals surface area (Å²) in [6, 6.07) is 1.74. The van der Waals surface area contributed by atoms with Gasteiger partial charge in [0, 0.05) is 48.3 Å². The van der Waals surface area contributed by atoms with Gasteiger partial charge in [-0.3, -0.25) is 9.36 Å². The second-order valence-corrected chi connectivity index (χ2v) is 9.49. The lowest BCUT2D eigenvalue weighted by Gasteiger charge is -2.30. The van der Waals surface area contributed by atoms with Crippen LogP contribution in [0.5, 0.6) is 0 Å². The number of anilines is 1. The zero-order valence-electron chi connectivity index (χ0n) is 19.9. The monoisotopic (exact) mass is 409 g/mol. The molecule has 3 heterocycles. The second-order valence-electron chi connectivity index (χ2n) is 7.51. The predicted molar refractivity (Wildman–Crippen MR) is 109 cm³/mol. The largest absolute Gasteiger partial charge is 0.351 e. The van der Waals surface area contributed by atoms with E-state index in [1.807, 2.05) is 0 Å². The summed E-state index contributed by atoms with van der Waals surface area (Å²) < 4.78 is 59.7. The molecule has 0 bridgehead atoms. The van der Waals surface area contributed by atoms with Crippen LogP contribution in [0.25, 0.3) is 11.0 Å². The Hall–Kier alpha value is -2.00. The molecular formula is C19H27N5O3S. The van der Waals surface area contributed by atoms with Crippen molar-refractivity contribution < 1.29 is 13.9 Å². The van der Waals surface area contributed by atoms with E-state index >= 15 is 0 Å². The summed E-state index contributed by atoms with van der Waals surface area (Å²) in [5, 5.41) is 3.42. The van der Waals surface area contributed by atoms with Crippen molar-refractivity contribution in [2.45, 2.75) is 51.0 Å². The first kappa shape index (κ1) is 14.9. The molecule has 152 valence electrons. The number of hydrogen-bond acceptors (Lipinski definition) is 6. The van der Waals surface area contributed by atoms with Crippen molar-refractivity contribution in [1.82, 2.24) is 18.8 Å². The molecule has 0 radical (unpaired) electrons. The summed E-state index contributed by atoms with van der Waals surface area (Å²) in [6.07, 6.45) is 0.910. The summed E-state index contributed by atoms with van der Waals surface area (Å²) in [7, 11) is -3.76. The predicted octanol–water partition coefficient (Wildman–Crippen LogP) is 1.99. The van der Waals surface area contributed by atoms with Gasteiger partial charge in [-0.15, -0.1) is 0 Å². The zero-order valence-corrected chi connectivity index (χ0v) is 16.7. The number of fused-ring (bicyclic) bond motifs is 1. The lowest BCUT2D eigenvalue weighted by Crippen LogP contribution is -2.42. The minimum atomic E-state index is -3.76. The van der Waals surface area contributed by atoms with Gasteiger partial charge in [0.05, 0.1) is 6.26 Å². The van der Waals surface area contributed by atoms with Crippen LogP contribution in [0.1, 0.15) is 50.5 Å². The van der Waals surface area contributed by atoms with Crippen LogP contribution in [0.3, 0.4) is 0 Å². The Balaban J connectivity index is 1.72. The average molecular weight is 410 g/mol. The molecule has 1 N–H and O–H groups in total. The van der Waals surface area contributed by atoms with E-state index in [2.05, 4.69) is 22.2 Å². The molecule has 2 aromatic heterocycles. The maximum atomic E-state index is 12.7. The zero-order chi connectivity index (χ0) is 23.5. The third-order valence-electron chi connectivity index (χ3n) is 5.50. The van der Waals surface area contributed by atoms with E-state index in [1.54, 1.807) is 10.6 Å². The topological polar surface area (TPSA) is 97.2 Å². The fourth-order valence-corrected chi connectivity index (χ4v) is 4.54. The van der Waals surface area contributed by atoms with Gasteiger partial charge in [-0.2, -0.15) is 4.98 Å². The first-order valence-corrected chi connectivity index (χ1v) is 11.2. The van der Waals surface area contributed by atoms with Crippen LogP contribution in [0.15, 0.2) is 23.1 Å². The van der Waals surface area contributed by atoms with Gasteiger partial charge < -0.3 is 5.32 Å². The van der Waals surface area contributed by atoms with Crippen molar-refractivity contribution in [1.29, 1.82) is 0 Å². The summed E-state index contributed by atoms with van der Waals surface area (Å²) in [5.41, 5.74) is 0.247. The van der Waals surface area contributed by atoms with Gasteiger partial charge in [-0.05, 0) is 37.6 Å². The standard InChI is InChI=1S/C19H27N5O3S/c1-13-4-3-5-16(13)24-17(25)7-6-14-12-20-19(22-18(14)24)21-15-8-10-23(11-9-15)28(2,26)27/h6-7,12-13,15-16H,3-5,8-11H2,1-2H3,(H,20,21,22)/t13-,16+/m0/s1/i8D2,9D2. The molecule has 2 aromatic rings. The van der Waals surface area contributed by atoms with E-state index in [9.17, 15) is 13.2 Å². The van der Waals surface area contributed by atoms with E-state index in [4.69, 9.17) is 5.48 Å². The molecule has 0 unspecified atom stereocenters. The molecule has 1 saturated heterocycles. The Morgan fingerprint density at radius 3 is 2.64 bits per heavy atom. The Morgan fingerprint density at radius 2 is 2.00 bits per heavy atom. The number of hydrogen-bond donors (Lipinski definition) is 1. The summed E-state index contributed by atoms with van der Waals surface area (Å²) in [5.74, 6) is 0.307. The highest BCUT2D eigenvalue weighted by Crippen LogP contribution is 2.35. The summed E-state index contributed by atoms with van der Waals surface area (Å²) in [6.45, 7) is 1.13. The van der Waals surface area contributed by atoms with E-state index in [1.165, 1.54) is 12.3 Å². The highest BCUT2D eigenvalue weighted by atomic mass is 32.2. The van der Waals surface area contributed by atoms with Gasteiger partial charge in [-0.1, -0.05) is 13.3 Å². The molecule has 2 atom stereocenters. The van der Waals surface area contributed by atoms with E-state index in [0.717, 1.165) is 29.8 Å². The Morgan fingerprint density at radius 1 is 1.25 bits per heavy atom. The summed E-state index contributed by atoms with van der Waals surface area (Å²) in [4.78, 5) is 21.4. The lowest BCUT2D eigenvalue weighted by molar-refractivity contribution is 0.331. The van der Waals surface area contributed by atoms with Gasteiger partial charge in [0.1, 0.15) is 5.65 Å². The van der Waals surface area contributed by atoms with Crippen LogP contribution in [0.4, 0.5) is 5.95 Å². The van der Waals surface area contributed by atoms with Crippen molar-refractivity contribution >= 4 is 27.0 Å². The van der Waals surface area contributed by atoms with Gasteiger partial charge in [-0.25, -0.2) is 17.7 Å². The van der Waals surface area contributed by atoms with Crippen LogP contribution in [0.2, 0.25) is 0 Å². The van der Waals surface area contributed by atoms with Gasteiger partial charge >= 0.3 is 0 Å². The smallest absolute Gasteiger partial charge is 0.252 e. The maximum absolute atomic E-state index is 12.7. The highest BCUT2D eigenvalue weighted by Gasteiger charge is 2.28. The Labute approximate surface area is 170 Å². The third kappa shape index (κ3) is 3.77. The quantitative estimate of drug-likeness (QED) is 0.829. The molecule has 8 nitrogen and oxygen atoms in total. The minimum absolute atomic E-state index is 0.00447. The lowest BCUT2D eigenvalue weighted by atomic mass is 10.1. The van der Waals surface area contributed by atoms with E-state index < -0.39 is 41.9 Å². The number of nitrogens with zero attached hydrogens (tertiary/aromatic N) is 4. The van der Waals surface area contributed by atoms with Crippen molar-refractivity contribution in [2.24, 2.45) is 5.92 Å². The maximum Gasteiger partial charge on any atom is 0.252 e. The first-order chi connectivity index (χ1) is 14.8. The van der Waals surface area contributed by atoms with Crippen molar-refractivity contribution in [3.8, 4) is 0 Å². The Kier molecular flexibility index (Phi) is 3.96. The fourth-order valence-electron chi connectivity index (χ4n) is 3.92. The highest BCUT2D eigenvalue weighted by molar-refractivity contribution is 7.88. The fraction of sp³-hybridized carbons (Fsp3) is 0.632. The van der Waals surface area contributed by atoms with Gasteiger partial charge in [0.25, 0.3) is 5.56 Å². The van der Waals surface area contributed by atoms with Crippen molar-refractivity contribution in [2.75, 3.05) is 24.7 Å². The minimum Gasteiger partial charge on any atom is -0.351 e. The second kappa shape index (κ2) is 7.44. The molecule has 0 aromatic carbocycles. The van der Waals surface area contributed by atoms with Crippen LogP contribution >= 0.6 is 0 Å². The molecule has 2 aliphatic rings. The molecule has 0 spiro atoms. The van der Waals surface area contributed by atoms with Crippen LogP contribution < -0.4 is 10.9 Å². The number of nitrogens with one attached hydrogen (secondary N) is 1. The van der Waals surface area contributed by atoms with Crippen molar-refractivity contribution in [3.63, 3.8) is 0 Å².